The molecule has 0 unspecified atom stereocenters. The first-order valence-corrected chi connectivity index (χ1v) is 11.7. The Balaban J connectivity index is 2.08. The second-order valence-corrected chi connectivity index (χ2v) is 9.15. The molecule has 1 amide bonds. The summed E-state index contributed by atoms with van der Waals surface area (Å²) < 4.78 is 120. The molecule has 3 aromatic rings. The van der Waals surface area contributed by atoms with E-state index in [1.807, 2.05) is 5.32 Å². The van der Waals surface area contributed by atoms with Gasteiger partial charge in [-0.1, -0.05) is 12.1 Å². The number of ether oxygens (including phenoxy) is 2. The van der Waals surface area contributed by atoms with Gasteiger partial charge >= 0.3 is 18.0 Å². The maximum atomic E-state index is 15.1. The predicted octanol–water partition coefficient (Wildman–Crippen LogP) is 7.47. The number of anilines is 1. The van der Waals surface area contributed by atoms with Gasteiger partial charge in [-0.25, -0.2) is 4.39 Å². The van der Waals surface area contributed by atoms with Crippen molar-refractivity contribution >= 4 is 39.9 Å². The third kappa shape index (κ3) is 6.20. The summed E-state index contributed by atoms with van der Waals surface area (Å²) in [6.45, 7) is -0.536. The van der Waals surface area contributed by atoms with Crippen LogP contribution in [0, 0.1) is 19.5 Å². The molecule has 0 atom stereocenters. The number of hydrogen-bond acceptors (Lipinski definition) is 5. The van der Waals surface area contributed by atoms with Crippen molar-refractivity contribution in [1.29, 1.82) is 0 Å². The van der Waals surface area contributed by atoms with E-state index in [2.05, 4.69) is 0 Å². The minimum Gasteiger partial charge on any atom is -0.497 e. The number of nitrogens with one attached hydrogen (secondary N) is 1. The van der Waals surface area contributed by atoms with Crippen LogP contribution in [0.3, 0.4) is 0 Å². The zero-order chi connectivity index (χ0) is 30.0. The Morgan fingerprint density at radius 2 is 1.62 bits per heavy atom. The quantitative estimate of drug-likeness (QED) is 0.109. The summed E-state index contributed by atoms with van der Waals surface area (Å²) in [6.07, 6.45) is -6.69. The van der Waals surface area contributed by atoms with E-state index >= 15 is 4.39 Å². The fraction of sp³-hybridized carbons (Fsp3) is 0.208. The highest BCUT2D eigenvalue weighted by atomic mass is 127. The summed E-state index contributed by atoms with van der Waals surface area (Å²) >= 11 is 1.63. The van der Waals surface area contributed by atoms with Gasteiger partial charge in [0, 0.05) is 21.3 Å². The molecule has 3 rings (SSSR count). The molecule has 0 heterocycles. The van der Waals surface area contributed by atoms with Crippen LogP contribution in [0.4, 0.5) is 46.5 Å². The van der Waals surface area contributed by atoms with Gasteiger partial charge in [-0.05, 0) is 58.5 Å². The Morgan fingerprint density at radius 3 is 2.17 bits per heavy atom. The first kappa shape index (κ1) is 30.8. The molecule has 0 aliphatic heterocycles. The summed E-state index contributed by atoms with van der Waals surface area (Å²) in [6, 6.07) is 8.60. The summed E-state index contributed by atoms with van der Waals surface area (Å²) in [5.74, 6) is -16.2. The monoisotopic (exact) mass is 690 g/mol. The molecular weight excluding hydrogens is 675 g/mol. The number of nitro benzene ring substituents is 1. The van der Waals surface area contributed by atoms with Crippen LogP contribution in [0.15, 0.2) is 54.6 Å². The molecule has 0 bridgehead atoms. The Bertz CT molecular complexity index is 1430. The molecule has 214 valence electrons. The summed E-state index contributed by atoms with van der Waals surface area (Å²) in [5.41, 5.74) is -3.64. The SMILES string of the molecule is COc1ccc(COc2cc(C(F)(F)C(F)(F)C(F)(F)F)cc(F)c2NC(=O)c2cc([N+](=O)[O-])ccc2I)cc1. The second kappa shape index (κ2) is 11.4. The second-order valence-electron chi connectivity index (χ2n) is 7.99. The molecule has 0 saturated heterocycles. The third-order valence-corrected chi connectivity index (χ3v) is 6.30. The third-order valence-electron chi connectivity index (χ3n) is 5.36. The van der Waals surface area contributed by atoms with Gasteiger partial charge < -0.3 is 14.8 Å². The van der Waals surface area contributed by atoms with E-state index < -0.39 is 64.0 Å². The van der Waals surface area contributed by atoms with E-state index in [9.17, 15) is 45.6 Å². The molecular formula is C24H15F8IN2O5. The summed E-state index contributed by atoms with van der Waals surface area (Å²) in [4.78, 5) is 23.1. The van der Waals surface area contributed by atoms with Gasteiger partial charge in [0.05, 0.1) is 17.6 Å². The van der Waals surface area contributed by atoms with Crippen molar-refractivity contribution in [3.05, 3.63) is 90.8 Å². The van der Waals surface area contributed by atoms with E-state index in [1.165, 1.54) is 37.4 Å². The van der Waals surface area contributed by atoms with Crippen LogP contribution in [0.1, 0.15) is 21.5 Å². The topological polar surface area (TPSA) is 90.7 Å². The zero-order valence-corrected chi connectivity index (χ0v) is 22.0. The highest BCUT2D eigenvalue weighted by Crippen LogP contribution is 2.53. The number of nitrogens with zero attached hydrogens (tertiary/aromatic N) is 1. The van der Waals surface area contributed by atoms with E-state index in [1.54, 1.807) is 22.6 Å². The lowest BCUT2D eigenvalue weighted by molar-refractivity contribution is -0.384. The van der Waals surface area contributed by atoms with Gasteiger partial charge in [-0.15, -0.1) is 0 Å². The lowest BCUT2D eigenvalue weighted by atomic mass is 10.0. The van der Waals surface area contributed by atoms with E-state index in [0.717, 1.165) is 12.1 Å². The van der Waals surface area contributed by atoms with Crippen molar-refractivity contribution in [2.45, 2.75) is 24.6 Å². The van der Waals surface area contributed by atoms with Gasteiger partial charge in [0.25, 0.3) is 11.6 Å². The van der Waals surface area contributed by atoms with Gasteiger partial charge in [0.2, 0.25) is 0 Å². The zero-order valence-electron chi connectivity index (χ0n) is 19.8. The van der Waals surface area contributed by atoms with E-state index in [4.69, 9.17) is 9.47 Å². The highest BCUT2D eigenvalue weighted by Gasteiger charge is 2.73. The Hall–Kier alpha value is -3.70. The number of carbonyl (C=O) groups excluding carboxylic acids is 1. The van der Waals surface area contributed by atoms with Crippen LogP contribution >= 0.6 is 22.6 Å². The maximum absolute atomic E-state index is 15.1. The van der Waals surface area contributed by atoms with Gasteiger partial charge in [0.15, 0.2) is 5.82 Å². The van der Waals surface area contributed by atoms with Crippen molar-refractivity contribution in [2.75, 3.05) is 12.4 Å². The molecule has 0 spiro atoms. The fourth-order valence-corrected chi connectivity index (χ4v) is 3.80. The lowest BCUT2D eigenvalue weighted by Crippen LogP contribution is -2.50. The minimum atomic E-state index is -6.69. The summed E-state index contributed by atoms with van der Waals surface area (Å²) in [7, 11) is 1.37. The molecule has 0 fully saturated rings. The average molecular weight is 690 g/mol. The molecule has 0 aliphatic carbocycles. The largest absolute Gasteiger partial charge is 0.497 e. The lowest BCUT2D eigenvalue weighted by Gasteiger charge is -2.29. The molecule has 1 N–H and O–H groups in total. The number of nitro groups is 1. The predicted molar refractivity (Wildman–Crippen MR) is 132 cm³/mol. The Kier molecular flexibility index (Phi) is 8.80. The number of halogens is 9. The van der Waals surface area contributed by atoms with Crippen LogP contribution in [0.2, 0.25) is 0 Å². The van der Waals surface area contributed by atoms with Crippen LogP contribution in [-0.2, 0) is 12.5 Å². The molecule has 40 heavy (non-hydrogen) atoms. The van der Waals surface area contributed by atoms with Crippen molar-refractivity contribution in [1.82, 2.24) is 0 Å². The number of rotatable bonds is 9. The number of amides is 1. The fourth-order valence-electron chi connectivity index (χ4n) is 3.22. The Labute approximate surface area is 233 Å². The average Bonchev–Trinajstić information content (AvgIpc) is 2.88. The Morgan fingerprint density at radius 1 is 1.00 bits per heavy atom. The molecule has 0 radical (unpaired) electrons. The van der Waals surface area contributed by atoms with Gasteiger partial charge in [0.1, 0.15) is 23.8 Å². The number of carbonyl (C=O) groups is 1. The van der Waals surface area contributed by atoms with Crippen molar-refractivity contribution in [3.63, 3.8) is 0 Å². The van der Waals surface area contributed by atoms with Crippen molar-refractivity contribution in [3.8, 4) is 11.5 Å². The molecule has 0 saturated carbocycles. The van der Waals surface area contributed by atoms with Crippen LogP contribution in [0.5, 0.6) is 11.5 Å². The number of alkyl halides is 7. The van der Waals surface area contributed by atoms with E-state index in [-0.39, 0.29) is 21.3 Å². The molecule has 7 nitrogen and oxygen atoms in total. The highest BCUT2D eigenvalue weighted by molar-refractivity contribution is 14.1. The number of methoxy groups -OCH3 is 1. The molecule has 0 aromatic heterocycles. The normalized spacial score (nSPS) is 12.2. The smallest absolute Gasteiger partial charge is 0.460 e. The van der Waals surface area contributed by atoms with Crippen molar-refractivity contribution in [2.24, 2.45) is 0 Å². The van der Waals surface area contributed by atoms with Crippen LogP contribution < -0.4 is 14.8 Å². The molecule has 16 heteroatoms. The first-order valence-electron chi connectivity index (χ1n) is 10.7. The number of non-ortho nitro benzene ring substituents is 1. The maximum Gasteiger partial charge on any atom is 0.460 e. The van der Waals surface area contributed by atoms with Crippen LogP contribution in [0.25, 0.3) is 0 Å². The first-order chi connectivity index (χ1) is 18.5. The standard InChI is InChI=1S/C24H15F8IN2O5/c1-39-15-5-2-12(3-6-15)11-40-19-9-13(22(26,27)23(28,29)24(30,31)32)8-17(25)20(19)34-21(36)16-10-14(35(37)38)4-7-18(16)33/h2-10H,11H2,1H3,(H,34,36). The summed E-state index contributed by atoms with van der Waals surface area (Å²) in [5, 5.41) is 13.0. The van der Waals surface area contributed by atoms with Gasteiger partial charge in [-0.2, -0.15) is 30.7 Å². The number of hydrogen-bond donors (Lipinski definition) is 1. The molecule has 0 aliphatic rings. The minimum absolute atomic E-state index is 0.0419. The number of benzene rings is 3. The van der Waals surface area contributed by atoms with Crippen LogP contribution in [-0.4, -0.2) is 30.0 Å². The van der Waals surface area contributed by atoms with E-state index in [0.29, 0.717) is 11.3 Å². The van der Waals surface area contributed by atoms with Gasteiger partial charge in [-0.3, -0.25) is 14.9 Å². The van der Waals surface area contributed by atoms with Crippen molar-refractivity contribution < 1.29 is 54.3 Å². The molecule has 3 aromatic carbocycles.